The molecule has 3 heterocycles. The third kappa shape index (κ3) is 5.86. The second-order valence-electron chi connectivity index (χ2n) is 15.3. The average molecular weight is 861 g/mol. The van der Waals surface area contributed by atoms with E-state index >= 15 is 0 Å². The van der Waals surface area contributed by atoms with Gasteiger partial charge < -0.3 is 14.4 Å². The van der Waals surface area contributed by atoms with Crippen LogP contribution in [0, 0.1) is 12.1 Å². The van der Waals surface area contributed by atoms with E-state index in [2.05, 4.69) is 137 Å². The van der Waals surface area contributed by atoms with Crippen molar-refractivity contribution in [1.82, 2.24) is 4.98 Å². The van der Waals surface area contributed by atoms with Crippen molar-refractivity contribution in [1.29, 1.82) is 0 Å². The van der Waals surface area contributed by atoms with Crippen molar-refractivity contribution in [2.75, 3.05) is 4.90 Å². The van der Waals surface area contributed by atoms with Crippen molar-refractivity contribution in [2.45, 2.75) is 64.0 Å². The molecule has 2 atom stereocenters. The molecule has 52 heavy (non-hydrogen) atoms. The van der Waals surface area contributed by atoms with Crippen LogP contribution in [-0.4, -0.2) is 17.0 Å². The van der Waals surface area contributed by atoms with Gasteiger partial charge >= 0.3 is 21.1 Å². The molecule has 1 aromatic heterocycles. The van der Waals surface area contributed by atoms with Crippen LogP contribution >= 0.6 is 0 Å². The van der Waals surface area contributed by atoms with Crippen LogP contribution in [0.3, 0.4) is 0 Å². The molecule has 0 fully saturated rings. The van der Waals surface area contributed by atoms with Crippen LogP contribution in [0.15, 0.2) is 126 Å². The number of fused-ring (bicyclic) bond motifs is 5. The molecular formula is C46H39N3O2Pt. The number of rotatable bonds is 5. The molecule has 3 aliphatic rings. The summed E-state index contributed by atoms with van der Waals surface area (Å²) in [6.45, 7) is 11.2. The molecule has 0 radical (unpaired) electrons. The van der Waals surface area contributed by atoms with Crippen LogP contribution in [0.5, 0.6) is 11.5 Å². The summed E-state index contributed by atoms with van der Waals surface area (Å²) >= 11 is 0. The first-order chi connectivity index (χ1) is 24.6. The van der Waals surface area contributed by atoms with E-state index in [0.29, 0.717) is 17.4 Å². The summed E-state index contributed by atoms with van der Waals surface area (Å²) < 4.78 is 13.2. The maximum absolute atomic E-state index is 6.71. The third-order valence-corrected chi connectivity index (χ3v) is 10.5. The Labute approximate surface area is 320 Å². The summed E-state index contributed by atoms with van der Waals surface area (Å²) in [4.78, 5) is 12.2. The fourth-order valence-corrected chi connectivity index (χ4v) is 7.77. The molecule has 6 heteroatoms. The van der Waals surface area contributed by atoms with Gasteiger partial charge in [0.15, 0.2) is 0 Å². The molecular weight excluding hydrogens is 822 g/mol. The largest absolute Gasteiger partial charge is 2.00 e. The minimum Gasteiger partial charge on any atom is -0.514 e. The van der Waals surface area contributed by atoms with Crippen LogP contribution < -0.4 is 9.64 Å². The number of benzene rings is 5. The van der Waals surface area contributed by atoms with Gasteiger partial charge in [-0.2, -0.15) is 6.07 Å². The zero-order valence-corrected chi connectivity index (χ0v) is 32.2. The molecule has 6 aromatic rings. The van der Waals surface area contributed by atoms with Crippen LogP contribution in [0.4, 0.5) is 17.2 Å². The molecule has 5 aromatic carbocycles. The number of hydrogen-bond acceptors (Lipinski definition) is 5. The van der Waals surface area contributed by atoms with Gasteiger partial charge in [0.05, 0.1) is 0 Å². The Balaban J connectivity index is 0.00000387. The second-order valence-corrected chi connectivity index (χ2v) is 15.3. The molecule has 9 rings (SSSR count). The minimum absolute atomic E-state index is 0. The SMILES string of the molecule is CC(C)(C)c1ccnc(N2c3[c-]c(Oc4[c-]c(C5=N[C@@H]6c7ccccc7C[C@@H]6O5)cc(-c5ccccc5)c4)ccc3C(C)(C)c3ccccc32)c1.[Pt+2]. The van der Waals surface area contributed by atoms with E-state index < -0.39 is 0 Å². The normalized spacial score (nSPS) is 17.9. The number of pyridine rings is 1. The third-order valence-electron chi connectivity index (χ3n) is 10.5. The van der Waals surface area contributed by atoms with E-state index in [4.69, 9.17) is 19.5 Å². The van der Waals surface area contributed by atoms with Crippen molar-refractivity contribution in [2.24, 2.45) is 4.99 Å². The zero-order chi connectivity index (χ0) is 34.9. The molecule has 0 amide bonds. The Hall–Kier alpha value is -4.99. The first-order valence-corrected chi connectivity index (χ1v) is 17.7. The summed E-state index contributed by atoms with van der Waals surface area (Å²) in [6.07, 6.45) is 2.75. The van der Waals surface area contributed by atoms with Gasteiger partial charge in [-0.25, -0.2) is 4.98 Å². The predicted octanol–water partition coefficient (Wildman–Crippen LogP) is 11.0. The number of hydrogen-bond donors (Lipinski definition) is 0. The number of nitrogens with zero attached hydrogens (tertiary/aromatic N) is 3. The topological polar surface area (TPSA) is 47.0 Å². The van der Waals surface area contributed by atoms with Gasteiger partial charge in [-0.3, -0.25) is 4.99 Å². The molecule has 0 spiro atoms. The van der Waals surface area contributed by atoms with Crippen LogP contribution in [0.1, 0.15) is 74.0 Å². The summed E-state index contributed by atoms with van der Waals surface area (Å²) in [5.41, 5.74) is 10.7. The zero-order valence-electron chi connectivity index (χ0n) is 29.9. The van der Waals surface area contributed by atoms with Gasteiger partial charge in [-0.05, 0) is 56.8 Å². The molecule has 1 aliphatic carbocycles. The Morgan fingerprint density at radius 3 is 2.38 bits per heavy atom. The molecule has 5 nitrogen and oxygen atoms in total. The molecule has 0 N–H and O–H groups in total. The van der Waals surface area contributed by atoms with Gasteiger partial charge in [0.2, 0.25) is 0 Å². The van der Waals surface area contributed by atoms with E-state index in [1.807, 2.05) is 36.5 Å². The number of anilines is 3. The van der Waals surface area contributed by atoms with Crippen molar-refractivity contribution in [3.05, 3.63) is 167 Å². The van der Waals surface area contributed by atoms with E-state index in [1.165, 1.54) is 22.3 Å². The Kier molecular flexibility index (Phi) is 8.46. The molecule has 0 bridgehead atoms. The van der Waals surface area contributed by atoms with E-state index in [0.717, 1.165) is 45.9 Å². The smallest absolute Gasteiger partial charge is 0.514 e. The van der Waals surface area contributed by atoms with Gasteiger partial charge in [0, 0.05) is 29.8 Å². The molecule has 0 unspecified atom stereocenters. The predicted molar refractivity (Wildman–Crippen MR) is 204 cm³/mol. The molecule has 260 valence electrons. The Bertz CT molecular complexity index is 2340. The van der Waals surface area contributed by atoms with Crippen LogP contribution in [-0.2, 0) is 43.1 Å². The van der Waals surface area contributed by atoms with Crippen LogP contribution in [0.25, 0.3) is 11.1 Å². The number of aliphatic imine (C=N–C) groups is 1. The standard InChI is InChI=1S/C46H39N3O2.Pt/c1-45(2,3)33-21-22-47-42(27-33)49-39-18-12-11-17-37(39)46(4,5)38-20-19-34(28-40(38)49)50-35-24-31(29-13-7-6-8-14-29)23-32(25-35)44-48-43-36-16-10-9-15-30(36)26-41(43)51-44;/h6-24,27,41,43H,26H2,1-5H3;/q-2;+2/t41-,43+;/m0./s1. The van der Waals surface area contributed by atoms with E-state index in [-0.39, 0.29) is 44.0 Å². The van der Waals surface area contributed by atoms with Gasteiger partial charge in [0.25, 0.3) is 0 Å². The molecule has 0 saturated heterocycles. The molecule has 2 aliphatic heterocycles. The van der Waals surface area contributed by atoms with Crippen molar-refractivity contribution < 1.29 is 30.5 Å². The summed E-state index contributed by atoms with van der Waals surface area (Å²) in [5.74, 6) is 2.61. The average Bonchev–Trinajstić information content (AvgIpc) is 3.71. The van der Waals surface area contributed by atoms with Gasteiger partial charge in [-0.1, -0.05) is 136 Å². The number of aromatic nitrogens is 1. The van der Waals surface area contributed by atoms with Gasteiger partial charge in [-0.15, -0.1) is 23.8 Å². The van der Waals surface area contributed by atoms with E-state index in [1.54, 1.807) is 0 Å². The fourth-order valence-electron chi connectivity index (χ4n) is 7.77. The Morgan fingerprint density at radius 1 is 0.788 bits per heavy atom. The second kappa shape index (κ2) is 12.9. The first-order valence-electron chi connectivity index (χ1n) is 17.7. The number of para-hydroxylation sites is 1. The summed E-state index contributed by atoms with van der Waals surface area (Å²) in [5, 5.41) is 0. The Morgan fingerprint density at radius 2 is 1.56 bits per heavy atom. The van der Waals surface area contributed by atoms with E-state index in [9.17, 15) is 0 Å². The monoisotopic (exact) mass is 860 g/mol. The minimum atomic E-state index is -0.264. The van der Waals surface area contributed by atoms with Crippen molar-refractivity contribution >= 4 is 23.1 Å². The van der Waals surface area contributed by atoms with Crippen molar-refractivity contribution in [3.8, 4) is 22.6 Å². The van der Waals surface area contributed by atoms with Crippen molar-refractivity contribution in [3.63, 3.8) is 0 Å². The first kappa shape index (κ1) is 34.1. The van der Waals surface area contributed by atoms with Crippen LogP contribution in [0.2, 0.25) is 0 Å². The summed E-state index contributed by atoms with van der Waals surface area (Å²) in [7, 11) is 0. The maximum atomic E-state index is 6.71. The van der Waals surface area contributed by atoms with Gasteiger partial charge in [0.1, 0.15) is 23.9 Å². The number of ether oxygens (including phenoxy) is 2. The molecule has 0 saturated carbocycles. The summed E-state index contributed by atoms with van der Waals surface area (Å²) in [6, 6.07) is 47.2. The maximum Gasteiger partial charge on any atom is 2.00 e. The quantitative estimate of drug-likeness (QED) is 0.162. The fraction of sp³-hybridized carbons (Fsp3) is 0.217.